The van der Waals surface area contributed by atoms with Gasteiger partial charge in [-0.25, -0.2) is 18.8 Å². The Bertz CT molecular complexity index is 1080. The fourth-order valence-electron chi connectivity index (χ4n) is 4.92. The van der Waals surface area contributed by atoms with E-state index in [9.17, 15) is 8.78 Å². The van der Waals surface area contributed by atoms with Gasteiger partial charge < -0.3 is 4.42 Å². The van der Waals surface area contributed by atoms with Gasteiger partial charge in [0.15, 0.2) is 0 Å². The first kappa shape index (κ1) is 17.7. The zero-order valence-electron chi connectivity index (χ0n) is 15.9. The lowest BCUT2D eigenvalue weighted by atomic mass is 9.84. The monoisotopic (exact) mass is 402 g/mol. The van der Waals surface area contributed by atoms with Crippen LogP contribution in [-0.2, 0) is 11.2 Å². The maximum Gasteiger partial charge on any atom is 0.218 e. The summed E-state index contributed by atoms with van der Waals surface area (Å²) in [6, 6.07) is 5.68. The lowest BCUT2D eigenvalue weighted by molar-refractivity contribution is 0.418. The van der Waals surface area contributed by atoms with Gasteiger partial charge in [-0.1, -0.05) is 6.07 Å². The minimum atomic E-state index is -1.14. The topological polar surface area (TPSA) is 64.7 Å². The van der Waals surface area contributed by atoms with Crippen molar-refractivity contribution in [3.63, 3.8) is 0 Å². The van der Waals surface area contributed by atoms with Crippen molar-refractivity contribution in [1.82, 2.24) is 20.4 Å². The average Bonchev–Trinajstić information content (AvgIpc) is 3.21. The number of hydrogen-bond acceptors (Lipinski definition) is 5. The first-order valence-electron chi connectivity index (χ1n) is 9.17. The van der Waals surface area contributed by atoms with Crippen LogP contribution < -0.4 is 0 Å². The van der Waals surface area contributed by atoms with Crippen molar-refractivity contribution in [3.05, 3.63) is 58.9 Å². The summed E-state index contributed by atoms with van der Waals surface area (Å²) < 4.78 is 34.0. The van der Waals surface area contributed by atoms with Crippen LogP contribution >= 0.6 is 10.0 Å². The predicted molar refractivity (Wildman–Crippen MR) is 103 cm³/mol. The van der Waals surface area contributed by atoms with Crippen LogP contribution in [-0.4, -0.2) is 32.9 Å². The van der Waals surface area contributed by atoms with Gasteiger partial charge in [-0.15, -0.1) is 15.3 Å². The number of aryl methyl sites for hydroxylation is 1. The Kier molecular flexibility index (Phi) is 3.69. The molecule has 1 saturated heterocycles. The molecule has 0 amide bonds. The second-order valence-electron chi connectivity index (χ2n) is 7.95. The second-order valence-corrected chi connectivity index (χ2v) is 12.1. The zero-order valence-corrected chi connectivity index (χ0v) is 16.7. The van der Waals surface area contributed by atoms with E-state index in [0.717, 1.165) is 24.1 Å². The van der Waals surface area contributed by atoms with Gasteiger partial charge in [0.05, 0.1) is 21.7 Å². The third kappa shape index (κ3) is 2.24. The summed E-state index contributed by atoms with van der Waals surface area (Å²) in [6.07, 6.45) is 7.24. The Morgan fingerprint density at radius 3 is 2.57 bits per heavy atom. The normalized spacial score (nSPS) is 25.7. The summed E-state index contributed by atoms with van der Waals surface area (Å²) in [7, 11) is -1.14. The van der Waals surface area contributed by atoms with Gasteiger partial charge in [0.25, 0.3) is 0 Å². The highest BCUT2D eigenvalue weighted by Gasteiger charge is 2.61. The van der Waals surface area contributed by atoms with Crippen LogP contribution in [0.4, 0.5) is 8.78 Å². The molecule has 0 N–H and O–H groups in total. The fraction of sp³-hybridized carbons (Fsp3) is 0.400. The summed E-state index contributed by atoms with van der Waals surface area (Å²) in [5.74, 6) is -0.0962. The van der Waals surface area contributed by atoms with E-state index >= 15 is 0 Å². The molecule has 0 aliphatic carbocycles. The van der Waals surface area contributed by atoms with Crippen molar-refractivity contribution in [2.75, 3.05) is 12.5 Å². The second kappa shape index (κ2) is 5.83. The van der Waals surface area contributed by atoms with Gasteiger partial charge in [-0.3, -0.25) is 0 Å². The molecular weight excluding hydrogens is 382 g/mol. The lowest BCUT2D eigenvalue weighted by Gasteiger charge is -2.41. The van der Waals surface area contributed by atoms with Crippen LogP contribution in [0.3, 0.4) is 0 Å². The van der Waals surface area contributed by atoms with E-state index in [1.165, 1.54) is 18.2 Å². The fourth-order valence-corrected chi connectivity index (χ4v) is 8.78. The molecule has 1 aromatic carbocycles. The molecule has 5 nitrogen and oxygen atoms in total. The van der Waals surface area contributed by atoms with Crippen LogP contribution in [0.1, 0.15) is 41.1 Å². The number of rotatable bonds is 3. The number of fused-ring (bicyclic) bond motifs is 5. The van der Waals surface area contributed by atoms with Crippen molar-refractivity contribution < 1.29 is 13.2 Å². The summed E-state index contributed by atoms with van der Waals surface area (Å²) in [6.45, 7) is 1.78. The third-order valence-corrected chi connectivity index (χ3v) is 10.8. The number of hydrogen-bond donors (Lipinski definition) is 0. The molecule has 2 aliphatic heterocycles. The van der Waals surface area contributed by atoms with Crippen molar-refractivity contribution in [1.29, 1.82) is 0 Å². The van der Waals surface area contributed by atoms with Crippen LogP contribution in [0.2, 0.25) is 0 Å². The van der Waals surface area contributed by atoms with Crippen molar-refractivity contribution in [2.24, 2.45) is 0 Å². The number of halogens is 2. The molecule has 0 spiro atoms. The highest BCUT2D eigenvalue weighted by molar-refractivity contribution is 8.34. The van der Waals surface area contributed by atoms with Gasteiger partial charge in [0.1, 0.15) is 11.6 Å². The molecule has 28 heavy (non-hydrogen) atoms. The molecule has 0 saturated carbocycles. The molecule has 2 aromatic heterocycles. The number of nitrogens with zero attached hydrogens (tertiary/aromatic N) is 4. The number of benzene rings is 1. The van der Waals surface area contributed by atoms with Crippen LogP contribution in [0, 0.1) is 18.6 Å². The molecule has 2 bridgehead atoms. The quantitative estimate of drug-likeness (QED) is 0.647. The molecule has 2 aliphatic rings. The molecule has 8 heteroatoms. The lowest BCUT2D eigenvalue weighted by Crippen LogP contribution is -2.30. The molecule has 2 atom stereocenters. The number of aromatic nitrogens is 4. The summed E-state index contributed by atoms with van der Waals surface area (Å²) in [5, 5.41) is 17.2. The van der Waals surface area contributed by atoms with E-state index in [1.54, 1.807) is 6.92 Å². The zero-order chi connectivity index (χ0) is 19.7. The minimum absolute atomic E-state index is 0.116. The molecule has 5 rings (SSSR count). The Labute approximate surface area is 162 Å². The van der Waals surface area contributed by atoms with Gasteiger partial charge in [0, 0.05) is 18.6 Å². The molecule has 146 valence electrons. The SMILES string of the molecule is Cc1nnc(CC23CCC(c4cc(-c5c(F)cccc5F)nnc42)S3(C)C)o1. The summed E-state index contributed by atoms with van der Waals surface area (Å²) >= 11 is 0. The average molecular weight is 402 g/mol. The first-order chi connectivity index (χ1) is 13.3. The van der Waals surface area contributed by atoms with Crippen LogP contribution in [0.25, 0.3) is 11.3 Å². The molecule has 4 heterocycles. The van der Waals surface area contributed by atoms with E-state index in [4.69, 9.17) is 4.42 Å². The summed E-state index contributed by atoms with van der Waals surface area (Å²) in [5.41, 5.74) is 2.13. The van der Waals surface area contributed by atoms with Gasteiger partial charge in [-0.2, -0.15) is 5.10 Å². The third-order valence-electron chi connectivity index (χ3n) is 6.35. The summed E-state index contributed by atoms with van der Waals surface area (Å²) in [4.78, 5) is 0. The highest BCUT2D eigenvalue weighted by atomic mass is 32.3. The highest BCUT2D eigenvalue weighted by Crippen LogP contribution is 2.81. The standard InChI is InChI=1S/C20H20F2N4OS/c1-11-23-25-17(27-11)10-20-8-7-16(28(20,2)3)12-9-15(24-26-19(12)20)18-13(21)5-4-6-14(18)22/h4-6,9,16H,7-8,10H2,1-3H3. The maximum absolute atomic E-state index is 14.3. The van der Waals surface area contributed by atoms with Crippen LogP contribution in [0.5, 0.6) is 0 Å². The van der Waals surface area contributed by atoms with Crippen molar-refractivity contribution >= 4 is 10.0 Å². The predicted octanol–water partition coefficient (Wildman–Crippen LogP) is 4.46. The van der Waals surface area contributed by atoms with E-state index in [1.807, 2.05) is 6.07 Å². The maximum atomic E-state index is 14.3. The van der Waals surface area contributed by atoms with E-state index in [2.05, 4.69) is 32.9 Å². The minimum Gasteiger partial charge on any atom is -0.426 e. The van der Waals surface area contributed by atoms with Crippen LogP contribution in [0.15, 0.2) is 28.7 Å². The van der Waals surface area contributed by atoms with Crippen molar-refractivity contribution in [3.8, 4) is 11.3 Å². The molecule has 0 radical (unpaired) electrons. The Hall–Kier alpha value is -2.35. The van der Waals surface area contributed by atoms with E-state index in [-0.39, 0.29) is 16.0 Å². The van der Waals surface area contributed by atoms with Gasteiger partial charge in [0.2, 0.25) is 11.8 Å². The van der Waals surface area contributed by atoms with Crippen molar-refractivity contribution in [2.45, 2.75) is 36.2 Å². The Morgan fingerprint density at radius 2 is 1.89 bits per heavy atom. The smallest absolute Gasteiger partial charge is 0.218 e. The molecule has 2 unspecified atom stereocenters. The van der Waals surface area contributed by atoms with E-state index in [0.29, 0.717) is 23.5 Å². The Balaban J connectivity index is 1.65. The Morgan fingerprint density at radius 1 is 1.14 bits per heavy atom. The largest absolute Gasteiger partial charge is 0.426 e. The van der Waals surface area contributed by atoms with E-state index < -0.39 is 21.7 Å². The van der Waals surface area contributed by atoms with Gasteiger partial charge >= 0.3 is 0 Å². The van der Waals surface area contributed by atoms with Gasteiger partial charge in [-0.05, 0) is 49.1 Å². The molecule has 1 fully saturated rings. The molecule has 3 aromatic rings. The first-order valence-corrected chi connectivity index (χ1v) is 11.7. The molecular formula is C20H20F2N4OS.